The predicted octanol–water partition coefficient (Wildman–Crippen LogP) is 1.69. The van der Waals surface area contributed by atoms with Crippen LogP contribution in [-0.2, 0) is 9.59 Å². The zero-order valence-corrected chi connectivity index (χ0v) is 11.7. The third kappa shape index (κ3) is 5.14. The van der Waals surface area contributed by atoms with Gasteiger partial charge in [-0.15, -0.1) is 0 Å². The Labute approximate surface area is 121 Å². The summed E-state index contributed by atoms with van der Waals surface area (Å²) in [6, 6.07) is 3.63. The number of benzene rings is 1. The summed E-state index contributed by atoms with van der Waals surface area (Å²) in [4.78, 5) is 23.0. The third-order valence-electron chi connectivity index (χ3n) is 2.62. The molecular weight excluding hydrogens is 287 g/mol. The minimum atomic E-state index is -0.989. The lowest BCUT2D eigenvalue weighted by Crippen LogP contribution is -2.37. The molecule has 0 saturated heterocycles. The maximum absolute atomic E-state index is 13.4. The number of hydrogen-bond donors (Lipinski definition) is 3. The van der Waals surface area contributed by atoms with Gasteiger partial charge in [0.15, 0.2) is 0 Å². The van der Waals surface area contributed by atoms with Crippen molar-refractivity contribution in [2.24, 2.45) is 0 Å². The molecule has 1 atom stereocenters. The van der Waals surface area contributed by atoms with Crippen LogP contribution in [-0.4, -0.2) is 29.6 Å². The lowest BCUT2D eigenvalue weighted by molar-refractivity contribution is -0.136. The van der Waals surface area contributed by atoms with Crippen molar-refractivity contribution in [2.45, 2.75) is 25.9 Å². The van der Waals surface area contributed by atoms with Crippen LogP contribution in [0.1, 0.15) is 19.8 Å². The van der Waals surface area contributed by atoms with Gasteiger partial charge in [-0.3, -0.25) is 9.59 Å². The van der Waals surface area contributed by atoms with Crippen LogP contribution in [0.4, 0.5) is 10.1 Å². The Kier molecular flexibility index (Phi) is 6.41. The number of aliphatic hydroxyl groups excluding tert-OH is 1. The number of carbonyl (C=O) groups excluding carboxylic acids is 2. The molecular formula is C13H16ClFN2O3. The summed E-state index contributed by atoms with van der Waals surface area (Å²) in [5.74, 6) is -2.57. The number of rotatable bonds is 5. The first-order chi connectivity index (χ1) is 9.43. The van der Waals surface area contributed by atoms with Gasteiger partial charge in [0.2, 0.25) is 0 Å². The fourth-order valence-corrected chi connectivity index (χ4v) is 1.58. The molecule has 110 valence electrons. The van der Waals surface area contributed by atoms with Crippen molar-refractivity contribution in [3.05, 3.63) is 29.0 Å². The monoisotopic (exact) mass is 302 g/mol. The fraction of sp³-hybridized carbons (Fsp3) is 0.385. The van der Waals surface area contributed by atoms with Crippen LogP contribution in [0.3, 0.4) is 0 Å². The Bertz CT molecular complexity index is 497. The first kappa shape index (κ1) is 16.4. The van der Waals surface area contributed by atoms with Crippen molar-refractivity contribution >= 4 is 29.1 Å². The highest BCUT2D eigenvalue weighted by Crippen LogP contribution is 2.19. The van der Waals surface area contributed by atoms with Gasteiger partial charge in [0.25, 0.3) is 0 Å². The van der Waals surface area contributed by atoms with Crippen molar-refractivity contribution in [3.8, 4) is 0 Å². The number of aliphatic hydroxyl groups is 1. The summed E-state index contributed by atoms with van der Waals surface area (Å²) in [7, 11) is 0. The number of halogens is 2. The predicted molar refractivity (Wildman–Crippen MR) is 74.0 cm³/mol. The molecule has 0 aliphatic heterocycles. The first-order valence-corrected chi connectivity index (χ1v) is 6.54. The van der Waals surface area contributed by atoms with Crippen molar-refractivity contribution in [1.29, 1.82) is 0 Å². The second-order valence-electron chi connectivity index (χ2n) is 4.18. The van der Waals surface area contributed by atoms with Gasteiger partial charge in [0.1, 0.15) is 5.82 Å². The highest BCUT2D eigenvalue weighted by molar-refractivity contribution is 6.39. The van der Waals surface area contributed by atoms with Crippen molar-refractivity contribution in [2.75, 3.05) is 11.9 Å². The second-order valence-corrected chi connectivity index (χ2v) is 4.62. The standard InChI is InChI=1S/C13H16ClFN2O3/c1-2-9(18)5-6-16-12(19)13(20)17-11-7-8(14)3-4-10(11)15/h3-4,7,9,18H,2,5-6H2,1H3,(H,16,19)(H,17,20). The Hall–Kier alpha value is -1.66. The zero-order chi connectivity index (χ0) is 15.1. The maximum Gasteiger partial charge on any atom is 0.313 e. The summed E-state index contributed by atoms with van der Waals surface area (Å²) in [5, 5.41) is 14.0. The topological polar surface area (TPSA) is 78.4 Å². The van der Waals surface area contributed by atoms with E-state index in [1.807, 2.05) is 0 Å². The fourth-order valence-electron chi connectivity index (χ4n) is 1.41. The smallest absolute Gasteiger partial charge is 0.313 e. The number of nitrogens with one attached hydrogen (secondary N) is 2. The van der Waals surface area contributed by atoms with Gasteiger partial charge in [-0.2, -0.15) is 0 Å². The molecule has 0 bridgehead atoms. The van der Waals surface area contributed by atoms with E-state index in [9.17, 15) is 19.1 Å². The molecule has 2 amide bonds. The molecule has 20 heavy (non-hydrogen) atoms. The summed E-state index contributed by atoms with van der Waals surface area (Å²) in [6.07, 6.45) is 0.389. The number of hydrogen-bond acceptors (Lipinski definition) is 3. The van der Waals surface area contributed by atoms with E-state index < -0.39 is 23.7 Å². The highest BCUT2D eigenvalue weighted by atomic mass is 35.5. The molecule has 1 aromatic carbocycles. The van der Waals surface area contributed by atoms with Crippen LogP contribution >= 0.6 is 11.6 Å². The van der Waals surface area contributed by atoms with Crippen molar-refractivity contribution in [1.82, 2.24) is 5.32 Å². The van der Waals surface area contributed by atoms with Crippen LogP contribution in [0.5, 0.6) is 0 Å². The Morgan fingerprint density at radius 2 is 2.10 bits per heavy atom. The zero-order valence-electron chi connectivity index (χ0n) is 11.0. The molecule has 7 heteroatoms. The van der Waals surface area contributed by atoms with Crippen LogP contribution in [0, 0.1) is 5.82 Å². The summed E-state index contributed by atoms with van der Waals surface area (Å²) in [5.41, 5.74) is -0.161. The van der Waals surface area contributed by atoms with Gasteiger partial charge in [-0.05, 0) is 31.0 Å². The van der Waals surface area contributed by atoms with E-state index in [-0.39, 0.29) is 17.3 Å². The minimum absolute atomic E-state index is 0.161. The SMILES string of the molecule is CCC(O)CCNC(=O)C(=O)Nc1cc(Cl)ccc1F. The lowest BCUT2D eigenvalue weighted by atomic mass is 10.2. The quantitative estimate of drug-likeness (QED) is 0.724. The Morgan fingerprint density at radius 3 is 2.75 bits per heavy atom. The van der Waals surface area contributed by atoms with E-state index in [1.54, 1.807) is 6.92 Å². The maximum atomic E-state index is 13.4. The molecule has 0 radical (unpaired) electrons. The van der Waals surface area contributed by atoms with Crippen LogP contribution in [0.2, 0.25) is 5.02 Å². The molecule has 0 heterocycles. The second kappa shape index (κ2) is 7.81. The average Bonchev–Trinajstić information content (AvgIpc) is 2.42. The minimum Gasteiger partial charge on any atom is -0.393 e. The van der Waals surface area contributed by atoms with E-state index in [0.717, 1.165) is 6.07 Å². The highest BCUT2D eigenvalue weighted by Gasteiger charge is 2.15. The van der Waals surface area contributed by atoms with Crippen LogP contribution in [0.25, 0.3) is 0 Å². The normalized spacial score (nSPS) is 11.8. The van der Waals surface area contributed by atoms with Crippen LogP contribution in [0.15, 0.2) is 18.2 Å². The van der Waals surface area contributed by atoms with E-state index in [2.05, 4.69) is 10.6 Å². The molecule has 3 N–H and O–H groups in total. The van der Waals surface area contributed by atoms with E-state index in [1.165, 1.54) is 12.1 Å². The molecule has 1 aromatic rings. The van der Waals surface area contributed by atoms with E-state index >= 15 is 0 Å². The molecule has 0 saturated carbocycles. The molecule has 0 aromatic heterocycles. The molecule has 5 nitrogen and oxygen atoms in total. The summed E-state index contributed by atoms with van der Waals surface area (Å²) >= 11 is 5.67. The van der Waals surface area contributed by atoms with Gasteiger partial charge in [0.05, 0.1) is 11.8 Å². The Balaban J connectivity index is 2.49. The van der Waals surface area contributed by atoms with Crippen LogP contribution < -0.4 is 10.6 Å². The third-order valence-corrected chi connectivity index (χ3v) is 2.85. The van der Waals surface area contributed by atoms with Gasteiger partial charge < -0.3 is 15.7 Å². The summed E-state index contributed by atoms with van der Waals surface area (Å²) < 4.78 is 13.4. The van der Waals surface area contributed by atoms with Gasteiger partial charge in [-0.1, -0.05) is 18.5 Å². The molecule has 1 unspecified atom stereocenters. The van der Waals surface area contributed by atoms with Gasteiger partial charge in [0, 0.05) is 11.6 Å². The largest absolute Gasteiger partial charge is 0.393 e. The summed E-state index contributed by atoms with van der Waals surface area (Å²) in [6.45, 7) is 1.97. The number of carbonyl (C=O) groups is 2. The molecule has 0 fully saturated rings. The molecule has 0 spiro atoms. The number of amides is 2. The van der Waals surface area contributed by atoms with Gasteiger partial charge >= 0.3 is 11.8 Å². The average molecular weight is 303 g/mol. The Morgan fingerprint density at radius 1 is 1.40 bits per heavy atom. The molecule has 1 rings (SSSR count). The molecule has 0 aliphatic rings. The number of anilines is 1. The van der Waals surface area contributed by atoms with Crippen molar-refractivity contribution in [3.63, 3.8) is 0 Å². The lowest BCUT2D eigenvalue weighted by Gasteiger charge is -2.09. The van der Waals surface area contributed by atoms with E-state index in [0.29, 0.717) is 12.8 Å². The first-order valence-electron chi connectivity index (χ1n) is 6.16. The van der Waals surface area contributed by atoms with E-state index in [4.69, 9.17) is 11.6 Å². The van der Waals surface area contributed by atoms with Gasteiger partial charge in [-0.25, -0.2) is 4.39 Å². The van der Waals surface area contributed by atoms with Crippen molar-refractivity contribution < 1.29 is 19.1 Å². The molecule has 0 aliphatic carbocycles.